The van der Waals surface area contributed by atoms with Gasteiger partial charge in [0, 0.05) is 26.2 Å². The normalized spacial score (nSPS) is 15.5. The molecule has 2 rings (SSSR count). The lowest BCUT2D eigenvalue weighted by atomic mass is 10.2. The number of piperazine rings is 1. The van der Waals surface area contributed by atoms with Crippen LogP contribution in [0.4, 0.5) is 9.18 Å². The van der Waals surface area contributed by atoms with Crippen LogP contribution in [0.25, 0.3) is 0 Å². The molecular weight excluding hydrogens is 369 g/mol. The summed E-state index contributed by atoms with van der Waals surface area (Å²) in [6.45, 7) is 6.77. The number of aromatic nitrogens is 1. The lowest BCUT2D eigenvalue weighted by molar-refractivity contribution is 0.0140. The summed E-state index contributed by atoms with van der Waals surface area (Å²) in [5.74, 6) is -1.07. The van der Waals surface area contributed by atoms with Gasteiger partial charge in [0.25, 0.3) is 5.91 Å². The van der Waals surface area contributed by atoms with E-state index in [1.807, 2.05) is 0 Å². The fourth-order valence-corrected chi connectivity index (χ4v) is 2.50. The minimum Gasteiger partial charge on any atom is -0.444 e. The van der Waals surface area contributed by atoms with Gasteiger partial charge in [-0.05, 0) is 42.8 Å². The fourth-order valence-electron chi connectivity index (χ4n) is 2.17. The zero-order valence-corrected chi connectivity index (χ0v) is 14.9. The van der Waals surface area contributed by atoms with Crippen LogP contribution in [0, 0.1) is 5.82 Å². The van der Waals surface area contributed by atoms with Crippen LogP contribution in [0.2, 0.25) is 0 Å². The molecule has 126 valence electrons. The van der Waals surface area contributed by atoms with Crippen LogP contribution in [0.1, 0.15) is 31.1 Å². The molecule has 0 N–H and O–H groups in total. The summed E-state index contributed by atoms with van der Waals surface area (Å²) in [6.07, 6.45) is 0.608. The van der Waals surface area contributed by atoms with Crippen LogP contribution >= 0.6 is 15.9 Å². The first-order chi connectivity index (χ1) is 10.7. The zero-order valence-electron chi connectivity index (χ0n) is 13.3. The van der Waals surface area contributed by atoms with E-state index < -0.39 is 23.4 Å². The average molecular weight is 388 g/mol. The molecule has 0 unspecified atom stereocenters. The number of carbonyl (C=O) groups is 2. The molecule has 1 aliphatic rings. The maximum atomic E-state index is 13.8. The number of halogens is 2. The molecule has 2 amide bonds. The summed E-state index contributed by atoms with van der Waals surface area (Å²) in [5, 5.41) is 0. The van der Waals surface area contributed by atoms with E-state index in [2.05, 4.69) is 20.9 Å². The van der Waals surface area contributed by atoms with Gasteiger partial charge in [0.1, 0.15) is 10.2 Å². The summed E-state index contributed by atoms with van der Waals surface area (Å²) in [7, 11) is 0. The van der Waals surface area contributed by atoms with Crippen molar-refractivity contribution >= 4 is 27.9 Å². The molecule has 1 aliphatic heterocycles. The Kier molecular flexibility index (Phi) is 5.23. The van der Waals surface area contributed by atoms with Crippen molar-refractivity contribution in [2.24, 2.45) is 0 Å². The predicted octanol–water partition coefficient (Wildman–Crippen LogP) is 2.68. The van der Waals surface area contributed by atoms with Crippen molar-refractivity contribution in [3.05, 3.63) is 28.2 Å². The van der Waals surface area contributed by atoms with Crippen molar-refractivity contribution in [1.82, 2.24) is 14.8 Å². The van der Waals surface area contributed by atoms with Crippen molar-refractivity contribution in [3.8, 4) is 0 Å². The SMILES string of the molecule is CC(C)(C)OC(=O)N1CCN(C(=O)c2cc(Br)ncc2F)CC1. The second-order valence-corrected chi connectivity index (χ2v) is 7.06. The van der Waals surface area contributed by atoms with Crippen LogP contribution in [0.15, 0.2) is 16.9 Å². The lowest BCUT2D eigenvalue weighted by Crippen LogP contribution is -2.51. The lowest BCUT2D eigenvalue weighted by Gasteiger charge is -2.35. The second kappa shape index (κ2) is 6.82. The molecule has 0 saturated carbocycles. The van der Waals surface area contributed by atoms with Gasteiger partial charge in [0.05, 0.1) is 11.8 Å². The summed E-state index contributed by atoms with van der Waals surface area (Å²) in [5.41, 5.74) is -0.589. The number of hydrogen-bond donors (Lipinski definition) is 0. The first-order valence-corrected chi connectivity index (χ1v) is 8.05. The highest BCUT2D eigenvalue weighted by Crippen LogP contribution is 2.17. The van der Waals surface area contributed by atoms with Crippen LogP contribution in [0.5, 0.6) is 0 Å². The van der Waals surface area contributed by atoms with Gasteiger partial charge in [-0.15, -0.1) is 0 Å². The molecule has 1 aromatic rings. The highest BCUT2D eigenvalue weighted by atomic mass is 79.9. The van der Waals surface area contributed by atoms with E-state index in [-0.39, 0.29) is 5.56 Å². The van der Waals surface area contributed by atoms with Crippen LogP contribution < -0.4 is 0 Å². The molecule has 0 atom stereocenters. The number of pyridine rings is 1. The van der Waals surface area contributed by atoms with Crippen molar-refractivity contribution in [2.45, 2.75) is 26.4 Å². The van der Waals surface area contributed by atoms with Crippen molar-refractivity contribution < 1.29 is 18.7 Å². The molecule has 23 heavy (non-hydrogen) atoms. The minimum atomic E-state index is -0.659. The molecule has 0 radical (unpaired) electrons. The van der Waals surface area contributed by atoms with Gasteiger partial charge in [0.2, 0.25) is 0 Å². The van der Waals surface area contributed by atoms with Crippen molar-refractivity contribution in [1.29, 1.82) is 0 Å². The van der Waals surface area contributed by atoms with E-state index in [9.17, 15) is 14.0 Å². The van der Waals surface area contributed by atoms with Gasteiger partial charge in [-0.3, -0.25) is 4.79 Å². The first kappa shape index (κ1) is 17.7. The van der Waals surface area contributed by atoms with Gasteiger partial charge in [-0.25, -0.2) is 14.2 Å². The van der Waals surface area contributed by atoms with Gasteiger partial charge in [0.15, 0.2) is 5.82 Å². The molecule has 2 heterocycles. The van der Waals surface area contributed by atoms with Crippen LogP contribution in [0.3, 0.4) is 0 Å². The molecule has 6 nitrogen and oxygen atoms in total. The number of nitrogens with zero attached hydrogens (tertiary/aromatic N) is 3. The molecule has 0 spiro atoms. The molecule has 0 aromatic carbocycles. The minimum absolute atomic E-state index is 0.0300. The number of carbonyl (C=O) groups excluding carboxylic acids is 2. The smallest absolute Gasteiger partial charge is 0.410 e. The summed E-state index contributed by atoms with van der Waals surface area (Å²) >= 11 is 3.13. The predicted molar refractivity (Wildman–Crippen MR) is 85.6 cm³/mol. The van der Waals surface area contributed by atoms with Gasteiger partial charge >= 0.3 is 6.09 Å². The van der Waals surface area contributed by atoms with Crippen molar-refractivity contribution in [3.63, 3.8) is 0 Å². The fraction of sp³-hybridized carbons (Fsp3) is 0.533. The molecular formula is C15H19BrFN3O3. The number of rotatable bonds is 1. The molecule has 0 aliphatic carbocycles. The third-order valence-electron chi connectivity index (χ3n) is 3.27. The maximum Gasteiger partial charge on any atom is 0.410 e. The Morgan fingerprint density at radius 2 is 1.78 bits per heavy atom. The third kappa shape index (κ3) is 4.63. The first-order valence-electron chi connectivity index (χ1n) is 7.25. The summed E-state index contributed by atoms with van der Waals surface area (Å²) in [6, 6.07) is 1.36. The molecule has 1 fully saturated rings. The Labute approximate surface area is 142 Å². The zero-order chi connectivity index (χ0) is 17.2. The average Bonchev–Trinajstić information content (AvgIpc) is 2.47. The topological polar surface area (TPSA) is 62.7 Å². The van der Waals surface area contributed by atoms with E-state index in [0.717, 1.165) is 6.20 Å². The Morgan fingerprint density at radius 1 is 1.22 bits per heavy atom. The maximum absolute atomic E-state index is 13.8. The Balaban J connectivity index is 1.97. The molecule has 8 heteroatoms. The summed E-state index contributed by atoms with van der Waals surface area (Å²) < 4.78 is 19.4. The van der Waals surface area contributed by atoms with E-state index in [1.54, 1.807) is 25.7 Å². The van der Waals surface area contributed by atoms with Gasteiger partial charge < -0.3 is 14.5 Å². The van der Waals surface area contributed by atoms with Crippen LogP contribution in [-0.2, 0) is 4.74 Å². The standard InChI is InChI=1S/C15H19BrFN3O3/c1-15(2,3)23-14(22)20-6-4-19(5-7-20)13(21)10-8-12(16)18-9-11(10)17/h8-9H,4-7H2,1-3H3. The molecule has 0 bridgehead atoms. The quantitative estimate of drug-likeness (QED) is 0.694. The van der Waals surface area contributed by atoms with Gasteiger partial charge in [-0.2, -0.15) is 0 Å². The van der Waals surface area contributed by atoms with Gasteiger partial charge in [-0.1, -0.05) is 0 Å². The van der Waals surface area contributed by atoms with E-state index in [0.29, 0.717) is 30.8 Å². The van der Waals surface area contributed by atoms with Crippen molar-refractivity contribution in [2.75, 3.05) is 26.2 Å². The summed E-state index contributed by atoms with van der Waals surface area (Å²) in [4.78, 5) is 31.2. The Bertz CT molecular complexity index is 610. The Hall–Kier alpha value is -1.70. The highest BCUT2D eigenvalue weighted by Gasteiger charge is 2.29. The largest absolute Gasteiger partial charge is 0.444 e. The Morgan fingerprint density at radius 3 is 2.35 bits per heavy atom. The number of amides is 2. The second-order valence-electron chi connectivity index (χ2n) is 6.25. The molecule has 1 saturated heterocycles. The van der Waals surface area contributed by atoms with Crippen LogP contribution in [-0.4, -0.2) is 58.6 Å². The third-order valence-corrected chi connectivity index (χ3v) is 3.70. The monoisotopic (exact) mass is 387 g/mol. The molecule has 1 aromatic heterocycles. The van der Waals surface area contributed by atoms with E-state index in [1.165, 1.54) is 11.0 Å². The number of hydrogen-bond acceptors (Lipinski definition) is 4. The number of ether oxygens (including phenoxy) is 1. The van der Waals surface area contributed by atoms with E-state index >= 15 is 0 Å². The van der Waals surface area contributed by atoms with E-state index in [4.69, 9.17) is 4.74 Å². The highest BCUT2D eigenvalue weighted by molar-refractivity contribution is 9.10.